The molecule has 0 amide bonds. The third-order valence-corrected chi connectivity index (χ3v) is 3.50. The van der Waals surface area contributed by atoms with E-state index in [1.165, 1.54) is 12.1 Å². The molecule has 1 heterocycles. The first kappa shape index (κ1) is 13.6. The molecule has 2 nitrogen and oxygen atoms in total. The van der Waals surface area contributed by atoms with Gasteiger partial charge in [0.1, 0.15) is 11.6 Å². The molecule has 1 aromatic rings. The highest BCUT2D eigenvalue weighted by atomic mass is 35.5. The molecule has 1 aliphatic rings. The molecule has 2 rings (SSSR count). The monoisotopic (exact) mass is 274 g/mol. The van der Waals surface area contributed by atoms with Crippen molar-refractivity contribution in [2.75, 3.05) is 43.5 Å². The number of nitrogens with zero attached hydrogens (tertiary/aromatic N) is 2. The van der Waals surface area contributed by atoms with Crippen LogP contribution in [0, 0.1) is 11.6 Å². The topological polar surface area (TPSA) is 6.48 Å². The molecule has 100 valence electrons. The number of hydrogen-bond donors (Lipinski definition) is 0. The Bertz CT molecular complexity index is 393. The summed E-state index contributed by atoms with van der Waals surface area (Å²) in [6.45, 7) is 4.32. The van der Waals surface area contributed by atoms with E-state index < -0.39 is 11.6 Å². The highest BCUT2D eigenvalue weighted by molar-refractivity contribution is 6.17. The standard InChI is InChI=1S/C13H17ClF2N2/c14-4-1-5-17-6-8-18(9-7-17)13-3-2-11(15)10-12(13)16/h2-3,10H,1,4-9H2. The van der Waals surface area contributed by atoms with Gasteiger partial charge in [-0.1, -0.05) is 0 Å². The molecule has 0 aliphatic carbocycles. The van der Waals surface area contributed by atoms with Crippen LogP contribution in [-0.4, -0.2) is 43.5 Å². The average molecular weight is 275 g/mol. The lowest BCUT2D eigenvalue weighted by molar-refractivity contribution is 0.258. The maximum Gasteiger partial charge on any atom is 0.149 e. The lowest BCUT2D eigenvalue weighted by Gasteiger charge is -2.36. The van der Waals surface area contributed by atoms with E-state index in [4.69, 9.17) is 11.6 Å². The van der Waals surface area contributed by atoms with Gasteiger partial charge in [0.15, 0.2) is 0 Å². The van der Waals surface area contributed by atoms with Gasteiger partial charge in [-0.05, 0) is 25.1 Å². The van der Waals surface area contributed by atoms with Crippen LogP contribution in [0.3, 0.4) is 0 Å². The van der Waals surface area contributed by atoms with E-state index in [-0.39, 0.29) is 0 Å². The maximum absolute atomic E-state index is 13.6. The third-order valence-electron chi connectivity index (χ3n) is 3.23. The van der Waals surface area contributed by atoms with Gasteiger partial charge in [-0.25, -0.2) is 8.78 Å². The summed E-state index contributed by atoms with van der Waals surface area (Å²) in [6, 6.07) is 3.76. The largest absolute Gasteiger partial charge is 0.367 e. The SMILES string of the molecule is Fc1ccc(N2CCN(CCCCl)CC2)c(F)c1. The van der Waals surface area contributed by atoms with Gasteiger partial charge in [0.2, 0.25) is 0 Å². The summed E-state index contributed by atoms with van der Waals surface area (Å²) in [7, 11) is 0. The summed E-state index contributed by atoms with van der Waals surface area (Å²) in [6.07, 6.45) is 0.979. The number of anilines is 1. The van der Waals surface area contributed by atoms with Crippen LogP contribution in [0.5, 0.6) is 0 Å². The number of rotatable bonds is 4. The minimum absolute atomic E-state index is 0.482. The van der Waals surface area contributed by atoms with Crippen LogP contribution in [0.4, 0.5) is 14.5 Å². The summed E-state index contributed by atoms with van der Waals surface area (Å²) < 4.78 is 26.5. The molecule has 0 spiro atoms. The molecule has 1 fully saturated rings. The zero-order valence-electron chi connectivity index (χ0n) is 10.2. The molecule has 0 saturated carbocycles. The molecular formula is C13H17ClF2N2. The number of benzene rings is 1. The Hall–Kier alpha value is -0.870. The van der Waals surface area contributed by atoms with Gasteiger partial charge in [0.25, 0.3) is 0 Å². The van der Waals surface area contributed by atoms with Gasteiger partial charge >= 0.3 is 0 Å². The molecule has 0 unspecified atom stereocenters. The van der Waals surface area contributed by atoms with Crippen molar-refractivity contribution in [1.29, 1.82) is 0 Å². The van der Waals surface area contributed by atoms with Gasteiger partial charge in [-0.15, -0.1) is 11.6 Å². The quantitative estimate of drug-likeness (QED) is 0.779. The molecule has 0 aromatic heterocycles. The molecule has 1 aromatic carbocycles. The van der Waals surface area contributed by atoms with E-state index in [0.29, 0.717) is 11.6 Å². The van der Waals surface area contributed by atoms with Crippen LogP contribution in [-0.2, 0) is 0 Å². The van der Waals surface area contributed by atoms with Crippen molar-refractivity contribution in [3.63, 3.8) is 0 Å². The zero-order chi connectivity index (χ0) is 13.0. The Morgan fingerprint density at radius 3 is 2.44 bits per heavy atom. The first-order chi connectivity index (χ1) is 8.70. The van der Waals surface area contributed by atoms with Crippen molar-refractivity contribution in [2.45, 2.75) is 6.42 Å². The summed E-state index contributed by atoms with van der Waals surface area (Å²) in [5.74, 6) is -0.339. The van der Waals surface area contributed by atoms with E-state index in [0.717, 1.165) is 45.2 Å². The fourth-order valence-electron chi connectivity index (χ4n) is 2.23. The van der Waals surface area contributed by atoms with Gasteiger partial charge in [-0.2, -0.15) is 0 Å². The molecule has 0 bridgehead atoms. The van der Waals surface area contributed by atoms with E-state index in [1.807, 2.05) is 4.90 Å². The van der Waals surface area contributed by atoms with Crippen molar-refractivity contribution in [2.24, 2.45) is 0 Å². The molecule has 1 saturated heterocycles. The number of hydrogen-bond acceptors (Lipinski definition) is 2. The van der Waals surface area contributed by atoms with Crippen molar-refractivity contribution in [1.82, 2.24) is 4.90 Å². The molecule has 18 heavy (non-hydrogen) atoms. The van der Waals surface area contributed by atoms with Crippen molar-refractivity contribution in [3.05, 3.63) is 29.8 Å². The van der Waals surface area contributed by atoms with Crippen molar-refractivity contribution < 1.29 is 8.78 Å². The van der Waals surface area contributed by atoms with E-state index in [1.54, 1.807) is 0 Å². The summed E-state index contributed by atoms with van der Waals surface area (Å²) in [5.41, 5.74) is 0.494. The van der Waals surface area contributed by atoms with Crippen LogP contribution in [0.15, 0.2) is 18.2 Å². The maximum atomic E-state index is 13.6. The molecular weight excluding hydrogens is 258 g/mol. The van der Waals surface area contributed by atoms with Gasteiger partial charge < -0.3 is 4.90 Å². The minimum atomic E-state index is -0.531. The Balaban J connectivity index is 1.93. The van der Waals surface area contributed by atoms with E-state index >= 15 is 0 Å². The molecule has 0 atom stereocenters. The molecule has 1 aliphatic heterocycles. The van der Waals surface area contributed by atoms with Gasteiger partial charge in [0.05, 0.1) is 5.69 Å². The van der Waals surface area contributed by atoms with Gasteiger partial charge in [0, 0.05) is 38.1 Å². The summed E-state index contributed by atoms with van der Waals surface area (Å²) in [5, 5.41) is 0. The smallest absolute Gasteiger partial charge is 0.149 e. The van der Waals surface area contributed by atoms with Crippen LogP contribution in [0.25, 0.3) is 0 Å². The second kappa shape index (κ2) is 6.34. The van der Waals surface area contributed by atoms with Crippen LogP contribution >= 0.6 is 11.6 Å². The predicted molar refractivity (Wildman–Crippen MR) is 70.3 cm³/mol. The van der Waals surface area contributed by atoms with Crippen molar-refractivity contribution in [3.8, 4) is 0 Å². The number of piperazine rings is 1. The lowest BCUT2D eigenvalue weighted by Crippen LogP contribution is -2.47. The van der Waals surface area contributed by atoms with Crippen LogP contribution in [0.2, 0.25) is 0 Å². The highest BCUT2D eigenvalue weighted by Gasteiger charge is 2.19. The lowest BCUT2D eigenvalue weighted by atomic mass is 10.2. The van der Waals surface area contributed by atoms with Crippen LogP contribution in [0.1, 0.15) is 6.42 Å². The predicted octanol–water partition coefficient (Wildman–Crippen LogP) is 2.72. The van der Waals surface area contributed by atoms with E-state index in [9.17, 15) is 8.78 Å². The number of halogens is 3. The fraction of sp³-hybridized carbons (Fsp3) is 0.538. The normalized spacial score (nSPS) is 17.2. The Labute approximate surface area is 111 Å². The fourth-order valence-corrected chi connectivity index (χ4v) is 2.35. The first-order valence-corrected chi connectivity index (χ1v) is 6.72. The third kappa shape index (κ3) is 3.33. The summed E-state index contributed by atoms with van der Waals surface area (Å²) >= 11 is 5.66. The Morgan fingerprint density at radius 2 is 1.83 bits per heavy atom. The highest BCUT2D eigenvalue weighted by Crippen LogP contribution is 2.21. The zero-order valence-corrected chi connectivity index (χ0v) is 11.0. The van der Waals surface area contributed by atoms with Gasteiger partial charge in [-0.3, -0.25) is 4.90 Å². The molecule has 5 heteroatoms. The Kier molecular flexibility index (Phi) is 4.78. The molecule has 0 radical (unpaired) electrons. The summed E-state index contributed by atoms with van der Waals surface area (Å²) in [4.78, 5) is 4.28. The average Bonchev–Trinajstić information content (AvgIpc) is 2.37. The second-order valence-corrected chi connectivity index (χ2v) is 4.84. The minimum Gasteiger partial charge on any atom is -0.367 e. The first-order valence-electron chi connectivity index (χ1n) is 6.19. The Morgan fingerprint density at radius 1 is 1.11 bits per heavy atom. The molecule has 0 N–H and O–H groups in total. The van der Waals surface area contributed by atoms with Crippen LogP contribution < -0.4 is 4.90 Å². The second-order valence-electron chi connectivity index (χ2n) is 4.47. The number of alkyl halides is 1. The van der Waals surface area contributed by atoms with E-state index in [2.05, 4.69) is 4.90 Å². The van der Waals surface area contributed by atoms with Crippen molar-refractivity contribution >= 4 is 17.3 Å².